The van der Waals surface area contributed by atoms with Gasteiger partial charge in [-0.1, -0.05) is 12.3 Å². The Balaban J connectivity index is 2.07. The molecule has 2 rings (SSSR count). The molecule has 12 heteroatoms. The summed E-state index contributed by atoms with van der Waals surface area (Å²) in [6.07, 6.45) is -9.72. The minimum Gasteiger partial charge on any atom is -0.295 e. The average molecular weight is 405 g/mol. The smallest absolute Gasteiger partial charge is 0.295 e. The van der Waals surface area contributed by atoms with Crippen LogP contribution in [0.3, 0.4) is 0 Å². The van der Waals surface area contributed by atoms with E-state index in [0.717, 1.165) is 33.1 Å². The lowest BCUT2D eigenvalue weighted by Crippen LogP contribution is -2.60. The van der Waals surface area contributed by atoms with Crippen LogP contribution in [0.2, 0.25) is 0 Å². The summed E-state index contributed by atoms with van der Waals surface area (Å²) in [5.74, 6) is 5.48. The summed E-state index contributed by atoms with van der Waals surface area (Å²) in [4.78, 5) is 9.82. The molecular weight excluding hydrogens is 384 g/mol. The van der Waals surface area contributed by atoms with Gasteiger partial charge in [-0.05, 0) is 39.5 Å². The lowest BCUT2D eigenvalue weighted by molar-refractivity contribution is -0.537. The van der Waals surface area contributed by atoms with Crippen molar-refractivity contribution in [2.24, 2.45) is 5.41 Å². The van der Waals surface area contributed by atoms with Gasteiger partial charge in [-0.3, -0.25) is 10.1 Å². The molecule has 0 radical (unpaired) electrons. The van der Waals surface area contributed by atoms with Crippen molar-refractivity contribution in [3.8, 4) is 11.8 Å². The van der Waals surface area contributed by atoms with Crippen LogP contribution >= 0.6 is 0 Å². The molecule has 0 amide bonds. The van der Waals surface area contributed by atoms with Gasteiger partial charge < -0.3 is 0 Å². The number of hydrogen-bond donors (Lipinski definition) is 2. The molecule has 2 N–H and O–H groups in total. The van der Waals surface area contributed by atoms with Gasteiger partial charge in [0.2, 0.25) is 12.7 Å². The van der Waals surface area contributed by atoms with Crippen LogP contribution in [0.4, 0.5) is 26.3 Å². The molecule has 6 nitrogen and oxygen atoms in total. The monoisotopic (exact) mass is 405 g/mol. The highest BCUT2D eigenvalue weighted by atomic mass is 19.4. The van der Waals surface area contributed by atoms with Gasteiger partial charge in [0.25, 0.3) is 0 Å². The number of hydrazine groups is 1. The SMILES string of the molecule is C[C@@H](NC1OC(C#CC2(C)CCC2)ON(N[C@H](C)C(F)(F)F)O1)C(F)(F)F. The Morgan fingerprint density at radius 1 is 1.04 bits per heavy atom. The third-order valence-corrected chi connectivity index (χ3v) is 4.25. The first kappa shape index (κ1) is 22.2. The van der Waals surface area contributed by atoms with E-state index < -0.39 is 37.1 Å². The molecule has 27 heavy (non-hydrogen) atoms. The first-order valence-electron chi connectivity index (χ1n) is 8.26. The molecule has 0 aromatic rings. The summed E-state index contributed by atoms with van der Waals surface area (Å²) in [7, 11) is 0. The number of hydrogen-bond acceptors (Lipinski definition) is 6. The third-order valence-electron chi connectivity index (χ3n) is 4.25. The Hall–Kier alpha value is -1.10. The highest BCUT2D eigenvalue weighted by Gasteiger charge is 2.43. The summed E-state index contributed by atoms with van der Waals surface area (Å²) < 4.78 is 81.4. The summed E-state index contributed by atoms with van der Waals surface area (Å²) >= 11 is 0. The Morgan fingerprint density at radius 2 is 1.63 bits per heavy atom. The van der Waals surface area contributed by atoms with Crippen LogP contribution in [0.1, 0.15) is 40.0 Å². The van der Waals surface area contributed by atoms with Gasteiger partial charge in [0, 0.05) is 10.8 Å². The second-order valence-electron chi connectivity index (χ2n) is 6.77. The molecule has 1 heterocycles. The number of nitrogens with one attached hydrogen (secondary N) is 2. The maximum atomic E-state index is 12.7. The van der Waals surface area contributed by atoms with Gasteiger partial charge in [0.1, 0.15) is 12.1 Å². The number of halogens is 6. The first-order valence-corrected chi connectivity index (χ1v) is 8.26. The number of rotatable bonds is 4. The fraction of sp³-hybridized carbons (Fsp3) is 0.867. The van der Waals surface area contributed by atoms with E-state index in [1.165, 1.54) is 0 Å². The topological polar surface area (TPSA) is 55.0 Å². The second kappa shape index (κ2) is 8.10. The van der Waals surface area contributed by atoms with Crippen molar-refractivity contribution in [1.29, 1.82) is 0 Å². The van der Waals surface area contributed by atoms with E-state index in [-0.39, 0.29) is 10.8 Å². The van der Waals surface area contributed by atoms with Crippen LogP contribution in [0, 0.1) is 17.3 Å². The maximum absolute atomic E-state index is 12.7. The highest BCUT2D eigenvalue weighted by Crippen LogP contribution is 2.39. The van der Waals surface area contributed by atoms with Crippen molar-refractivity contribution in [2.75, 3.05) is 0 Å². The van der Waals surface area contributed by atoms with Gasteiger partial charge >= 0.3 is 12.4 Å². The summed E-state index contributed by atoms with van der Waals surface area (Å²) in [6, 6.07) is -4.13. The predicted molar refractivity (Wildman–Crippen MR) is 79.7 cm³/mol. The van der Waals surface area contributed by atoms with E-state index in [9.17, 15) is 26.3 Å². The molecular formula is C15H21F6N3O3. The Labute approximate surface area is 152 Å². The second-order valence-corrected chi connectivity index (χ2v) is 6.77. The van der Waals surface area contributed by atoms with Crippen molar-refractivity contribution in [3.05, 3.63) is 0 Å². The van der Waals surface area contributed by atoms with Crippen molar-refractivity contribution in [3.63, 3.8) is 0 Å². The molecule has 2 aliphatic rings. The fourth-order valence-electron chi connectivity index (χ4n) is 2.15. The lowest BCUT2D eigenvalue weighted by Gasteiger charge is -2.37. The molecule has 0 aromatic carbocycles. The van der Waals surface area contributed by atoms with Gasteiger partial charge in [-0.25, -0.2) is 9.68 Å². The van der Waals surface area contributed by atoms with E-state index in [1.807, 2.05) is 17.7 Å². The molecule has 2 unspecified atom stereocenters. The predicted octanol–water partition coefficient (Wildman–Crippen LogP) is 2.98. The van der Waals surface area contributed by atoms with Crippen LogP contribution in [0.5, 0.6) is 0 Å². The van der Waals surface area contributed by atoms with Gasteiger partial charge in [-0.2, -0.15) is 31.8 Å². The zero-order valence-electron chi connectivity index (χ0n) is 14.9. The summed E-state index contributed by atoms with van der Waals surface area (Å²) in [5.41, 5.74) is 1.58. The number of nitrogens with zero attached hydrogens (tertiary/aromatic N) is 1. The summed E-state index contributed by atoms with van der Waals surface area (Å²) in [5, 5.41) is 2.20. The molecule has 1 saturated carbocycles. The summed E-state index contributed by atoms with van der Waals surface area (Å²) in [6.45, 7) is 3.50. The molecule has 0 spiro atoms. The molecule has 0 aromatic heterocycles. The zero-order chi connectivity index (χ0) is 20.5. The van der Waals surface area contributed by atoms with Crippen LogP contribution in [-0.2, 0) is 14.4 Å². The minimum absolute atomic E-state index is 0.227. The molecule has 1 saturated heterocycles. The van der Waals surface area contributed by atoms with Crippen molar-refractivity contribution >= 4 is 0 Å². The first-order chi connectivity index (χ1) is 12.3. The van der Waals surface area contributed by atoms with Crippen LogP contribution in [0.25, 0.3) is 0 Å². The number of alkyl halides is 6. The Kier molecular flexibility index (Phi) is 6.66. The molecule has 4 atom stereocenters. The Morgan fingerprint density at radius 3 is 2.11 bits per heavy atom. The van der Waals surface area contributed by atoms with Gasteiger partial charge in [0.15, 0.2) is 0 Å². The van der Waals surface area contributed by atoms with Gasteiger partial charge in [-0.15, -0.1) is 0 Å². The van der Waals surface area contributed by atoms with Gasteiger partial charge in [0.05, 0.1) is 0 Å². The molecule has 0 bridgehead atoms. The van der Waals surface area contributed by atoms with E-state index in [4.69, 9.17) is 14.4 Å². The largest absolute Gasteiger partial charge is 0.405 e. The molecule has 1 aliphatic heterocycles. The van der Waals surface area contributed by atoms with E-state index in [2.05, 4.69) is 11.8 Å². The Bertz CT molecular complexity index is 540. The standard InChI is InChI=1S/C15H21F6N3O3/c1-9(14(16,17)18)22-12-25-11(5-8-13(3)6-4-7-13)26-24(27-12)23-10(2)15(19,20)21/h9-12,22-23H,4,6-7H2,1-3H3/t9-,10-,11?,12?/m1/s1. The molecule has 1 aliphatic carbocycles. The van der Waals surface area contributed by atoms with E-state index in [0.29, 0.717) is 0 Å². The fourth-order valence-corrected chi connectivity index (χ4v) is 2.15. The number of ether oxygens (including phenoxy) is 1. The normalized spacial score (nSPS) is 28.6. The maximum Gasteiger partial charge on any atom is 0.405 e. The van der Waals surface area contributed by atoms with E-state index in [1.54, 1.807) is 0 Å². The van der Waals surface area contributed by atoms with Crippen molar-refractivity contribution in [2.45, 2.75) is 77.2 Å². The van der Waals surface area contributed by atoms with Crippen molar-refractivity contribution < 1.29 is 40.8 Å². The van der Waals surface area contributed by atoms with Crippen LogP contribution in [-0.4, -0.2) is 42.5 Å². The van der Waals surface area contributed by atoms with E-state index >= 15 is 0 Å². The minimum atomic E-state index is -4.63. The quantitative estimate of drug-likeness (QED) is 0.554. The van der Waals surface area contributed by atoms with Crippen LogP contribution in [0.15, 0.2) is 0 Å². The lowest BCUT2D eigenvalue weighted by atomic mass is 9.71. The highest BCUT2D eigenvalue weighted by molar-refractivity contribution is 5.15. The molecule has 2 fully saturated rings. The average Bonchev–Trinajstić information content (AvgIpc) is 2.49. The zero-order valence-corrected chi connectivity index (χ0v) is 14.9. The molecule has 156 valence electrons. The van der Waals surface area contributed by atoms with Crippen molar-refractivity contribution in [1.82, 2.24) is 16.1 Å². The van der Waals surface area contributed by atoms with Crippen LogP contribution < -0.4 is 10.7 Å². The third kappa shape index (κ3) is 6.48.